The van der Waals surface area contributed by atoms with Gasteiger partial charge in [-0.15, -0.1) is 0 Å². The van der Waals surface area contributed by atoms with Gasteiger partial charge in [0.05, 0.1) is 0 Å². The van der Waals surface area contributed by atoms with Crippen LogP contribution in [-0.2, 0) is 6.54 Å². The van der Waals surface area contributed by atoms with Crippen LogP contribution in [0.25, 0.3) is 10.9 Å². The Hall–Kier alpha value is -2.33. The fraction of sp³-hybridized carbons (Fsp3) is 0.458. The number of para-hydroxylation sites is 1. The molecule has 4 nitrogen and oxygen atoms in total. The number of fused-ring (bicyclic) bond motifs is 1. The van der Waals surface area contributed by atoms with Crippen molar-refractivity contribution in [2.75, 3.05) is 31.1 Å². The van der Waals surface area contributed by atoms with E-state index >= 15 is 0 Å². The third-order valence-electron chi connectivity index (χ3n) is 6.85. The lowest BCUT2D eigenvalue weighted by atomic mass is 9.72. The minimum Gasteiger partial charge on any atom is -0.361 e. The van der Waals surface area contributed by atoms with Crippen molar-refractivity contribution in [2.45, 2.75) is 39.2 Å². The van der Waals surface area contributed by atoms with E-state index in [1.807, 2.05) is 6.20 Å². The number of piperidine rings is 2. The van der Waals surface area contributed by atoms with Gasteiger partial charge in [0.15, 0.2) is 0 Å². The molecule has 28 heavy (non-hydrogen) atoms. The van der Waals surface area contributed by atoms with Gasteiger partial charge in [0, 0.05) is 49.5 Å². The van der Waals surface area contributed by atoms with E-state index in [9.17, 15) is 0 Å². The van der Waals surface area contributed by atoms with Crippen molar-refractivity contribution in [3.8, 4) is 0 Å². The van der Waals surface area contributed by atoms with Gasteiger partial charge in [0.1, 0.15) is 5.82 Å². The SMILES string of the molecule is Cc1ccc(N2CCC3(CCCN(Cc4c[nH]c5ccccc45)C3)CC2)nc1. The van der Waals surface area contributed by atoms with E-state index in [0.29, 0.717) is 5.41 Å². The molecular weight excluding hydrogens is 344 g/mol. The van der Waals surface area contributed by atoms with Gasteiger partial charge in [-0.1, -0.05) is 24.3 Å². The first-order chi connectivity index (χ1) is 13.7. The van der Waals surface area contributed by atoms with Crippen LogP contribution in [0.1, 0.15) is 36.8 Å². The van der Waals surface area contributed by atoms with E-state index in [0.717, 1.165) is 25.5 Å². The van der Waals surface area contributed by atoms with Crippen LogP contribution in [0.2, 0.25) is 0 Å². The van der Waals surface area contributed by atoms with Crippen molar-refractivity contribution in [3.63, 3.8) is 0 Å². The third-order valence-corrected chi connectivity index (χ3v) is 6.85. The number of nitrogens with zero attached hydrogens (tertiary/aromatic N) is 3. The molecule has 0 saturated carbocycles. The first kappa shape index (κ1) is 17.7. The van der Waals surface area contributed by atoms with Crippen LogP contribution in [0.3, 0.4) is 0 Å². The molecule has 0 amide bonds. The fourth-order valence-electron chi connectivity index (χ4n) is 5.21. The summed E-state index contributed by atoms with van der Waals surface area (Å²) in [5, 5.41) is 1.38. The number of hydrogen-bond acceptors (Lipinski definition) is 3. The van der Waals surface area contributed by atoms with Crippen LogP contribution in [0.4, 0.5) is 5.82 Å². The van der Waals surface area contributed by atoms with Gasteiger partial charge < -0.3 is 9.88 Å². The summed E-state index contributed by atoms with van der Waals surface area (Å²) in [6.45, 7) is 7.90. The Morgan fingerprint density at radius 3 is 2.71 bits per heavy atom. The van der Waals surface area contributed by atoms with Gasteiger partial charge in [-0.25, -0.2) is 4.98 Å². The zero-order valence-corrected chi connectivity index (χ0v) is 16.8. The summed E-state index contributed by atoms with van der Waals surface area (Å²) >= 11 is 0. The van der Waals surface area contributed by atoms with Gasteiger partial charge in [-0.05, 0) is 67.8 Å². The molecule has 2 aliphatic heterocycles. The number of pyridine rings is 1. The Morgan fingerprint density at radius 2 is 1.89 bits per heavy atom. The van der Waals surface area contributed by atoms with Gasteiger partial charge >= 0.3 is 0 Å². The topological polar surface area (TPSA) is 35.2 Å². The van der Waals surface area contributed by atoms with Crippen LogP contribution in [-0.4, -0.2) is 41.0 Å². The average Bonchev–Trinajstić information content (AvgIpc) is 3.13. The van der Waals surface area contributed by atoms with E-state index in [2.05, 4.69) is 69.3 Å². The van der Waals surface area contributed by atoms with Crippen molar-refractivity contribution in [2.24, 2.45) is 5.41 Å². The lowest BCUT2D eigenvalue weighted by Gasteiger charge is -2.48. The number of benzene rings is 1. The average molecular weight is 375 g/mol. The lowest BCUT2D eigenvalue weighted by Crippen LogP contribution is -2.49. The zero-order chi connectivity index (χ0) is 19.0. The lowest BCUT2D eigenvalue weighted by molar-refractivity contribution is 0.0607. The van der Waals surface area contributed by atoms with E-state index in [1.165, 1.54) is 60.8 Å². The molecule has 0 bridgehead atoms. The number of rotatable bonds is 3. The molecule has 2 fully saturated rings. The minimum atomic E-state index is 0.492. The molecule has 2 aliphatic rings. The summed E-state index contributed by atoms with van der Waals surface area (Å²) in [6, 6.07) is 13.0. The van der Waals surface area contributed by atoms with Crippen molar-refractivity contribution >= 4 is 16.7 Å². The maximum absolute atomic E-state index is 4.64. The Bertz CT molecular complexity index is 935. The molecule has 1 N–H and O–H groups in total. The molecule has 5 rings (SSSR count). The molecule has 0 unspecified atom stereocenters. The molecule has 2 aromatic heterocycles. The fourth-order valence-corrected chi connectivity index (χ4v) is 5.21. The molecule has 0 aliphatic carbocycles. The van der Waals surface area contributed by atoms with Crippen LogP contribution in [0, 0.1) is 12.3 Å². The first-order valence-electron chi connectivity index (χ1n) is 10.7. The predicted octanol–water partition coefficient (Wildman–Crippen LogP) is 4.75. The Morgan fingerprint density at radius 1 is 1.04 bits per heavy atom. The summed E-state index contributed by atoms with van der Waals surface area (Å²) in [5.41, 5.74) is 4.42. The summed E-state index contributed by atoms with van der Waals surface area (Å²) in [6.07, 6.45) is 9.47. The molecule has 3 aromatic rings. The number of aromatic amines is 1. The molecule has 1 spiro atoms. The molecule has 4 heterocycles. The van der Waals surface area contributed by atoms with Crippen molar-refractivity contribution < 1.29 is 0 Å². The first-order valence-corrected chi connectivity index (χ1v) is 10.7. The number of likely N-dealkylation sites (tertiary alicyclic amines) is 1. The standard InChI is InChI=1S/C24H30N4/c1-19-7-8-23(26-15-19)28-13-10-24(11-14-28)9-4-12-27(18-24)17-20-16-25-22-6-3-2-5-21(20)22/h2-3,5-8,15-16,25H,4,9-14,17-18H2,1H3. The van der Waals surface area contributed by atoms with Crippen molar-refractivity contribution in [1.82, 2.24) is 14.9 Å². The molecule has 146 valence electrons. The molecule has 2 saturated heterocycles. The second-order valence-electron chi connectivity index (χ2n) is 8.85. The number of aryl methyl sites for hydroxylation is 1. The second kappa shape index (κ2) is 7.25. The number of anilines is 1. The Kier molecular flexibility index (Phi) is 4.59. The normalized spacial score (nSPS) is 20.1. The van der Waals surface area contributed by atoms with E-state index < -0.39 is 0 Å². The highest BCUT2D eigenvalue weighted by Gasteiger charge is 2.38. The van der Waals surface area contributed by atoms with Crippen LogP contribution in [0.5, 0.6) is 0 Å². The highest BCUT2D eigenvalue weighted by molar-refractivity contribution is 5.82. The van der Waals surface area contributed by atoms with Gasteiger partial charge in [0.2, 0.25) is 0 Å². The summed E-state index contributed by atoms with van der Waals surface area (Å²) < 4.78 is 0. The predicted molar refractivity (Wildman–Crippen MR) is 116 cm³/mol. The van der Waals surface area contributed by atoms with E-state index in [-0.39, 0.29) is 0 Å². The van der Waals surface area contributed by atoms with Gasteiger partial charge in [0.25, 0.3) is 0 Å². The molecule has 0 atom stereocenters. The Balaban J connectivity index is 1.25. The third kappa shape index (κ3) is 3.42. The van der Waals surface area contributed by atoms with Gasteiger partial charge in [-0.3, -0.25) is 4.90 Å². The Labute approximate surface area is 167 Å². The van der Waals surface area contributed by atoms with Crippen LogP contribution < -0.4 is 4.90 Å². The molecule has 0 radical (unpaired) electrons. The molecule has 1 aromatic carbocycles. The number of aromatic nitrogens is 2. The van der Waals surface area contributed by atoms with Crippen LogP contribution >= 0.6 is 0 Å². The maximum atomic E-state index is 4.64. The summed E-state index contributed by atoms with van der Waals surface area (Å²) in [5.74, 6) is 1.15. The number of hydrogen-bond donors (Lipinski definition) is 1. The van der Waals surface area contributed by atoms with Crippen molar-refractivity contribution in [1.29, 1.82) is 0 Å². The monoisotopic (exact) mass is 374 g/mol. The number of nitrogens with one attached hydrogen (secondary N) is 1. The summed E-state index contributed by atoms with van der Waals surface area (Å²) in [7, 11) is 0. The quantitative estimate of drug-likeness (QED) is 0.718. The minimum absolute atomic E-state index is 0.492. The second-order valence-corrected chi connectivity index (χ2v) is 8.85. The van der Waals surface area contributed by atoms with Crippen LogP contribution in [0.15, 0.2) is 48.8 Å². The molecular formula is C24H30N4. The van der Waals surface area contributed by atoms with E-state index in [4.69, 9.17) is 0 Å². The molecule has 4 heteroatoms. The highest BCUT2D eigenvalue weighted by atomic mass is 15.2. The van der Waals surface area contributed by atoms with Crippen molar-refractivity contribution in [3.05, 3.63) is 59.9 Å². The highest BCUT2D eigenvalue weighted by Crippen LogP contribution is 2.41. The number of H-pyrrole nitrogens is 1. The summed E-state index contributed by atoms with van der Waals surface area (Å²) in [4.78, 5) is 13.2. The van der Waals surface area contributed by atoms with E-state index in [1.54, 1.807) is 0 Å². The zero-order valence-electron chi connectivity index (χ0n) is 16.8. The smallest absolute Gasteiger partial charge is 0.128 e. The largest absolute Gasteiger partial charge is 0.361 e. The van der Waals surface area contributed by atoms with Gasteiger partial charge in [-0.2, -0.15) is 0 Å². The maximum Gasteiger partial charge on any atom is 0.128 e.